The third-order valence-electron chi connectivity index (χ3n) is 4.54. The fraction of sp³-hybridized carbons (Fsp3) is 0.875. The minimum absolute atomic E-state index is 0.00293. The van der Waals surface area contributed by atoms with Gasteiger partial charge in [0.05, 0.1) is 13.1 Å². The quantitative estimate of drug-likeness (QED) is 0.709. The Bertz CT molecular complexity index is 373. The van der Waals surface area contributed by atoms with E-state index in [1.54, 1.807) is 0 Å². The molecule has 0 unspecified atom stereocenters. The van der Waals surface area contributed by atoms with Crippen molar-refractivity contribution in [1.29, 1.82) is 0 Å². The van der Waals surface area contributed by atoms with Crippen LogP contribution in [0.2, 0.25) is 0 Å². The van der Waals surface area contributed by atoms with Gasteiger partial charge in [0.2, 0.25) is 0 Å². The van der Waals surface area contributed by atoms with Gasteiger partial charge in [0.25, 0.3) is 0 Å². The predicted octanol–water partition coefficient (Wildman–Crippen LogP) is 0.654. The van der Waals surface area contributed by atoms with Crippen molar-refractivity contribution >= 4 is 11.9 Å². The lowest BCUT2D eigenvalue weighted by Crippen LogP contribution is -2.49. The molecule has 23 heavy (non-hydrogen) atoms. The van der Waals surface area contributed by atoms with Gasteiger partial charge in [-0.15, -0.1) is 0 Å². The van der Waals surface area contributed by atoms with E-state index in [1.165, 1.54) is 0 Å². The molecule has 2 N–H and O–H groups in total. The molecule has 7 nitrogen and oxygen atoms in total. The summed E-state index contributed by atoms with van der Waals surface area (Å²) >= 11 is 0. The summed E-state index contributed by atoms with van der Waals surface area (Å²) in [5, 5.41) is 18.1. The highest BCUT2D eigenvalue weighted by atomic mass is 16.4. The molecule has 0 aromatic carbocycles. The van der Waals surface area contributed by atoms with Crippen molar-refractivity contribution in [2.75, 3.05) is 52.4 Å². The standard InChI is InChI=1S/C16H31N3O4/c1-4-5-16(2,3)19-10-8-17(12-14(20)21)6-7-18(9-11-19)13-15(22)23/h4-13H2,1-3H3,(H,20,21)(H,22,23). The minimum atomic E-state index is -0.839. The zero-order chi connectivity index (χ0) is 17.5. The van der Waals surface area contributed by atoms with Crippen molar-refractivity contribution in [3.8, 4) is 0 Å². The first-order valence-electron chi connectivity index (χ1n) is 8.38. The summed E-state index contributed by atoms with van der Waals surface area (Å²) in [6.45, 7) is 10.7. The molecule has 0 aromatic rings. The van der Waals surface area contributed by atoms with Crippen LogP contribution in [-0.2, 0) is 9.59 Å². The molecule has 1 aliphatic heterocycles. The van der Waals surface area contributed by atoms with E-state index >= 15 is 0 Å². The molecule has 1 rings (SSSR count). The zero-order valence-corrected chi connectivity index (χ0v) is 14.6. The van der Waals surface area contributed by atoms with Gasteiger partial charge in [-0.05, 0) is 20.3 Å². The molecule has 1 heterocycles. The second kappa shape index (κ2) is 9.20. The third-order valence-corrected chi connectivity index (χ3v) is 4.54. The molecule has 0 bridgehead atoms. The zero-order valence-electron chi connectivity index (χ0n) is 14.6. The summed E-state index contributed by atoms with van der Waals surface area (Å²) in [5.74, 6) is -1.68. The SMILES string of the molecule is CCCC(C)(C)N1CCN(CC(=O)O)CCN(CC(=O)O)CC1. The average molecular weight is 329 g/mol. The second-order valence-corrected chi connectivity index (χ2v) is 6.89. The summed E-state index contributed by atoms with van der Waals surface area (Å²) in [6.07, 6.45) is 2.14. The number of aliphatic carboxylic acids is 2. The molecule has 1 aliphatic rings. The van der Waals surface area contributed by atoms with Crippen LogP contribution in [0.3, 0.4) is 0 Å². The van der Waals surface area contributed by atoms with Gasteiger partial charge < -0.3 is 10.2 Å². The van der Waals surface area contributed by atoms with Crippen LogP contribution in [0.15, 0.2) is 0 Å². The Morgan fingerprint density at radius 2 is 1.26 bits per heavy atom. The van der Waals surface area contributed by atoms with Crippen molar-refractivity contribution < 1.29 is 19.8 Å². The summed E-state index contributed by atoms with van der Waals surface area (Å²) in [5.41, 5.74) is 0.0306. The lowest BCUT2D eigenvalue weighted by Gasteiger charge is -2.39. The lowest BCUT2D eigenvalue weighted by molar-refractivity contribution is -0.140. The fourth-order valence-corrected chi connectivity index (χ4v) is 3.22. The smallest absolute Gasteiger partial charge is 0.317 e. The molecule has 0 amide bonds. The topological polar surface area (TPSA) is 84.3 Å². The van der Waals surface area contributed by atoms with Crippen molar-refractivity contribution in [2.45, 2.75) is 39.2 Å². The summed E-state index contributed by atoms with van der Waals surface area (Å²) < 4.78 is 0. The Morgan fingerprint density at radius 1 is 0.870 bits per heavy atom. The van der Waals surface area contributed by atoms with E-state index in [-0.39, 0.29) is 18.6 Å². The molecule has 7 heteroatoms. The maximum atomic E-state index is 11.0. The van der Waals surface area contributed by atoms with E-state index < -0.39 is 11.9 Å². The van der Waals surface area contributed by atoms with Crippen molar-refractivity contribution in [3.63, 3.8) is 0 Å². The highest BCUT2D eigenvalue weighted by Crippen LogP contribution is 2.21. The van der Waals surface area contributed by atoms with Crippen LogP contribution in [0.5, 0.6) is 0 Å². The van der Waals surface area contributed by atoms with Gasteiger partial charge in [-0.3, -0.25) is 24.3 Å². The largest absolute Gasteiger partial charge is 0.480 e. The number of carboxylic acids is 2. The van der Waals surface area contributed by atoms with Crippen molar-refractivity contribution in [2.24, 2.45) is 0 Å². The second-order valence-electron chi connectivity index (χ2n) is 6.89. The van der Waals surface area contributed by atoms with Crippen molar-refractivity contribution in [1.82, 2.24) is 14.7 Å². The van der Waals surface area contributed by atoms with Gasteiger partial charge in [0, 0.05) is 44.8 Å². The van der Waals surface area contributed by atoms with Crippen LogP contribution in [-0.4, -0.2) is 94.7 Å². The summed E-state index contributed by atoms with van der Waals surface area (Å²) in [7, 11) is 0. The molecule has 134 valence electrons. The van der Waals surface area contributed by atoms with Gasteiger partial charge in [0.15, 0.2) is 0 Å². The van der Waals surface area contributed by atoms with E-state index in [0.29, 0.717) is 26.2 Å². The first-order chi connectivity index (χ1) is 10.7. The lowest BCUT2D eigenvalue weighted by atomic mass is 9.96. The highest BCUT2D eigenvalue weighted by molar-refractivity contribution is 5.69. The highest BCUT2D eigenvalue weighted by Gasteiger charge is 2.28. The average Bonchev–Trinajstić information content (AvgIpc) is 2.50. The molecule has 0 atom stereocenters. The molecule has 1 saturated heterocycles. The molecular weight excluding hydrogens is 298 g/mol. The number of carboxylic acid groups (broad SMARTS) is 2. The van der Waals surface area contributed by atoms with Crippen LogP contribution in [0.1, 0.15) is 33.6 Å². The summed E-state index contributed by atoms with van der Waals surface area (Å²) in [4.78, 5) is 28.2. The third kappa shape index (κ3) is 7.28. The van der Waals surface area contributed by atoms with Crippen LogP contribution >= 0.6 is 0 Å². The fourth-order valence-electron chi connectivity index (χ4n) is 3.22. The monoisotopic (exact) mass is 329 g/mol. The van der Waals surface area contributed by atoms with Crippen molar-refractivity contribution in [3.05, 3.63) is 0 Å². The summed E-state index contributed by atoms with van der Waals surface area (Å²) in [6, 6.07) is 0. The predicted molar refractivity (Wildman–Crippen MR) is 88.7 cm³/mol. The van der Waals surface area contributed by atoms with Crippen LogP contribution in [0.4, 0.5) is 0 Å². The number of rotatable bonds is 7. The number of hydrogen-bond donors (Lipinski definition) is 2. The van der Waals surface area contributed by atoms with Crippen LogP contribution in [0.25, 0.3) is 0 Å². The molecule has 0 saturated carbocycles. The Labute approximate surface area is 138 Å². The Morgan fingerprint density at radius 3 is 1.61 bits per heavy atom. The van der Waals surface area contributed by atoms with Crippen LogP contribution in [0, 0.1) is 0 Å². The molecule has 0 spiro atoms. The van der Waals surface area contributed by atoms with E-state index in [4.69, 9.17) is 10.2 Å². The minimum Gasteiger partial charge on any atom is -0.480 e. The van der Waals surface area contributed by atoms with Gasteiger partial charge in [-0.2, -0.15) is 0 Å². The number of carbonyl (C=O) groups is 2. The normalized spacial score (nSPS) is 19.8. The molecule has 0 aromatic heterocycles. The molecule has 1 fully saturated rings. The van der Waals surface area contributed by atoms with Gasteiger partial charge in [-0.1, -0.05) is 13.3 Å². The number of hydrogen-bond acceptors (Lipinski definition) is 5. The van der Waals surface area contributed by atoms with E-state index in [1.807, 2.05) is 9.80 Å². The molecule has 0 aliphatic carbocycles. The van der Waals surface area contributed by atoms with E-state index in [2.05, 4.69) is 25.7 Å². The molecule has 0 radical (unpaired) electrons. The first kappa shape index (κ1) is 19.9. The number of nitrogens with zero attached hydrogens (tertiary/aromatic N) is 3. The Balaban J connectivity index is 2.82. The first-order valence-corrected chi connectivity index (χ1v) is 8.38. The van der Waals surface area contributed by atoms with Gasteiger partial charge >= 0.3 is 11.9 Å². The maximum absolute atomic E-state index is 11.0. The van der Waals surface area contributed by atoms with E-state index in [0.717, 1.165) is 25.9 Å². The van der Waals surface area contributed by atoms with Crippen LogP contribution < -0.4 is 0 Å². The Hall–Kier alpha value is -1.18. The maximum Gasteiger partial charge on any atom is 0.317 e. The Kier molecular flexibility index (Phi) is 7.94. The molecular formula is C16H31N3O4. The van der Waals surface area contributed by atoms with E-state index in [9.17, 15) is 9.59 Å². The van der Waals surface area contributed by atoms with Gasteiger partial charge in [0.1, 0.15) is 0 Å². The van der Waals surface area contributed by atoms with Gasteiger partial charge in [-0.25, -0.2) is 0 Å².